The van der Waals surface area contributed by atoms with Gasteiger partial charge in [-0.3, -0.25) is 4.79 Å². The number of ether oxygens (including phenoxy) is 1. The average molecular weight is 348 g/mol. The summed E-state index contributed by atoms with van der Waals surface area (Å²) >= 11 is 0. The Bertz CT molecular complexity index is 857. The van der Waals surface area contributed by atoms with Crippen LogP contribution < -0.4 is 4.74 Å². The largest absolute Gasteiger partial charge is 0.508 e. The van der Waals surface area contributed by atoms with E-state index in [1.165, 1.54) is 12.1 Å². The van der Waals surface area contributed by atoms with E-state index in [9.17, 15) is 15.0 Å². The van der Waals surface area contributed by atoms with Crippen molar-refractivity contribution in [3.63, 3.8) is 0 Å². The van der Waals surface area contributed by atoms with Crippen LogP contribution in [0.5, 0.6) is 11.5 Å². The summed E-state index contributed by atoms with van der Waals surface area (Å²) < 4.78 is 5.93. The molecule has 0 spiro atoms. The van der Waals surface area contributed by atoms with Gasteiger partial charge in [-0.25, -0.2) is 0 Å². The Morgan fingerprint density at radius 2 is 1.54 bits per heavy atom. The zero-order valence-corrected chi connectivity index (χ0v) is 14.2. The fourth-order valence-electron chi connectivity index (χ4n) is 2.82. The quantitative estimate of drug-likeness (QED) is 0.665. The molecule has 4 heteroatoms. The van der Waals surface area contributed by atoms with Crippen LogP contribution in [0.1, 0.15) is 22.6 Å². The monoisotopic (exact) mass is 348 g/mol. The lowest BCUT2D eigenvalue weighted by Gasteiger charge is -2.16. The summed E-state index contributed by atoms with van der Waals surface area (Å²) in [6.45, 7) is 0.425. The topological polar surface area (TPSA) is 66.8 Å². The maximum atomic E-state index is 11.8. The van der Waals surface area contributed by atoms with E-state index < -0.39 is 11.9 Å². The Labute approximate surface area is 152 Å². The maximum absolute atomic E-state index is 11.8. The predicted octanol–water partition coefficient (Wildman–Crippen LogP) is 4.38. The van der Waals surface area contributed by atoms with Crippen LogP contribution in [-0.2, 0) is 17.8 Å². The summed E-state index contributed by atoms with van der Waals surface area (Å²) in [5.41, 5.74) is 2.53. The smallest absolute Gasteiger partial charge is 0.311 e. The lowest BCUT2D eigenvalue weighted by atomic mass is 9.91. The second kappa shape index (κ2) is 8.21. The Balaban J connectivity index is 1.79. The van der Waals surface area contributed by atoms with Crippen molar-refractivity contribution in [1.29, 1.82) is 0 Å². The molecule has 0 fully saturated rings. The molecule has 3 aromatic rings. The molecular formula is C22H20O4. The Hall–Kier alpha value is -3.27. The SMILES string of the molecule is O=C(O)C(Cc1ccccc1OCc1ccccc1)c1ccc(O)cc1. The minimum atomic E-state index is -0.909. The van der Waals surface area contributed by atoms with Crippen molar-refractivity contribution in [2.24, 2.45) is 0 Å². The van der Waals surface area contributed by atoms with E-state index in [0.717, 1.165) is 11.1 Å². The third kappa shape index (κ3) is 4.42. The third-order valence-corrected chi connectivity index (χ3v) is 4.23. The zero-order valence-electron chi connectivity index (χ0n) is 14.2. The van der Waals surface area contributed by atoms with Crippen LogP contribution in [0, 0.1) is 0 Å². The van der Waals surface area contributed by atoms with Crippen LogP contribution in [0.25, 0.3) is 0 Å². The number of hydrogen-bond donors (Lipinski definition) is 2. The van der Waals surface area contributed by atoms with Gasteiger partial charge in [0.1, 0.15) is 18.1 Å². The zero-order chi connectivity index (χ0) is 18.4. The molecule has 0 radical (unpaired) electrons. The van der Waals surface area contributed by atoms with Crippen LogP contribution in [0.15, 0.2) is 78.9 Å². The lowest BCUT2D eigenvalue weighted by molar-refractivity contribution is -0.138. The van der Waals surface area contributed by atoms with Crippen molar-refractivity contribution in [1.82, 2.24) is 0 Å². The van der Waals surface area contributed by atoms with Gasteiger partial charge in [0.15, 0.2) is 0 Å². The number of carboxylic acid groups (broad SMARTS) is 1. The Morgan fingerprint density at radius 1 is 0.885 bits per heavy atom. The van der Waals surface area contributed by atoms with E-state index in [0.29, 0.717) is 24.3 Å². The minimum Gasteiger partial charge on any atom is -0.508 e. The van der Waals surface area contributed by atoms with Crippen LogP contribution in [0.3, 0.4) is 0 Å². The number of para-hydroxylation sites is 1. The number of aliphatic carboxylic acids is 1. The first-order chi connectivity index (χ1) is 12.6. The first-order valence-electron chi connectivity index (χ1n) is 8.40. The van der Waals surface area contributed by atoms with Crippen molar-refractivity contribution >= 4 is 5.97 Å². The van der Waals surface area contributed by atoms with Gasteiger partial charge in [-0.15, -0.1) is 0 Å². The van der Waals surface area contributed by atoms with E-state index in [1.807, 2.05) is 54.6 Å². The number of benzene rings is 3. The summed E-state index contributed by atoms with van der Waals surface area (Å²) in [5, 5.41) is 19.1. The Morgan fingerprint density at radius 3 is 2.23 bits per heavy atom. The highest BCUT2D eigenvalue weighted by Gasteiger charge is 2.22. The molecule has 1 unspecified atom stereocenters. The molecule has 0 saturated heterocycles. The second-order valence-electron chi connectivity index (χ2n) is 6.07. The van der Waals surface area contributed by atoms with Gasteiger partial charge in [-0.2, -0.15) is 0 Å². The number of carbonyl (C=O) groups is 1. The number of carboxylic acids is 1. The molecule has 132 valence electrons. The number of hydrogen-bond acceptors (Lipinski definition) is 3. The molecule has 0 heterocycles. The standard InChI is InChI=1S/C22H20O4/c23-19-12-10-17(11-13-19)20(22(24)25)14-18-8-4-5-9-21(18)26-15-16-6-2-1-3-7-16/h1-13,20,23H,14-15H2,(H,24,25). The van der Waals surface area contributed by atoms with Gasteiger partial charge in [0.05, 0.1) is 5.92 Å². The third-order valence-electron chi connectivity index (χ3n) is 4.23. The summed E-state index contributed by atoms with van der Waals surface area (Å²) in [6, 6.07) is 23.6. The van der Waals surface area contributed by atoms with Crippen LogP contribution in [0.2, 0.25) is 0 Å². The number of phenolic OH excluding ortho intramolecular Hbond substituents is 1. The minimum absolute atomic E-state index is 0.115. The normalized spacial score (nSPS) is 11.7. The molecule has 0 amide bonds. The molecular weight excluding hydrogens is 328 g/mol. The molecule has 0 bridgehead atoms. The second-order valence-corrected chi connectivity index (χ2v) is 6.07. The molecule has 4 nitrogen and oxygen atoms in total. The summed E-state index contributed by atoms with van der Waals surface area (Å²) in [4.78, 5) is 11.8. The van der Waals surface area contributed by atoms with E-state index in [1.54, 1.807) is 12.1 Å². The van der Waals surface area contributed by atoms with Crippen molar-refractivity contribution in [3.8, 4) is 11.5 Å². The predicted molar refractivity (Wildman–Crippen MR) is 99.4 cm³/mol. The van der Waals surface area contributed by atoms with Gasteiger partial charge < -0.3 is 14.9 Å². The Kier molecular flexibility index (Phi) is 5.54. The fourth-order valence-corrected chi connectivity index (χ4v) is 2.82. The number of rotatable bonds is 7. The van der Waals surface area contributed by atoms with Gasteiger partial charge in [-0.05, 0) is 41.3 Å². The van der Waals surface area contributed by atoms with Gasteiger partial charge in [-0.1, -0.05) is 60.7 Å². The van der Waals surface area contributed by atoms with Crippen molar-refractivity contribution in [2.45, 2.75) is 18.9 Å². The van der Waals surface area contributed by atoms with Gasteiger partial charge in [0.2, 0.25) is 0 Å². The molecule has 1 atom stereocenters. The summed E-state index contributed by atoms with van der Waals surface area (Å²) in [7, 11) is 0. The van der Waals surface area contributed by atoms with E-state index in [2.05, 4.69) is 0 Å². The van der Waals surface area contributed by atoms with Crippen molar-refractivity contribution in [3.05, 3.63) is 95.6 Å². The number of aromatic hydroxyl groups is 1. The van der Waals surface area contributed by atoms with E-state index in [4.69, 9.17) is 4.74 Å². The molecule has 2 N–H and O–H groups in total. The van der Waals surface area contributed by atoms with Gasteiger partial charge in [0.25, 0.3) is 0 Å². The molecule has 0 aliphatic rings. The van der Waals surface area contributed by atoms with E-state index in [-0.39, 0.29) is 5.75 Å². The van der Waals surface area contributed by atoms with Crippen LogP contribution in [-0.4, -0.2) is 16.2 Å². The van der Waals surface area contributed by atoms with Gasteiger partial charge >= 0.3 is 5.97 Å². The maximum Gasteiger partial charge on any atom is 0.311 e. The highest BCUT2D eigenvalue weighted by atomic mass is 16.5. The highest BCUT2D eigenvalue weighted by molar-refractivity contribution is 5.76. The molecule has 0 aliphatic carbocycles. The fraction of sp³-hybridized carbons (Fsp3) is 0.136. The molecule has 3 rings (SSSR count). The van der Waals surface area contributed by atoms with Gasteiger partial charge in [0, 0.05) is 0 Å². The number of phenols is 1. The van der Waals surface area contributed by atoms with E-state index >= 15 is 0 Å². The van der Waals surface area contributed by atoms with Crippen LogP contribution >= 0.6 is 0 Å². The molecule has 0 saturated carbocycles. The van der Waals surface area contributed by atoms with Crippen LogP contribution in [0.4, 0.5) is 0 Å². The highest BCUT2D eigenvalue weighted by Crippen LogP contribution is 2.28. The summed E-state index contributed by atoms with van der Waals surface area (Å²) in [5.74, 6) is -0.823. The first kappa shape index (κ1) is 17.5. The molecule has 3 aromatic carbocycles. The lowest BCUT2D eigenvalue weighted by Crippen LogP contribution is -2.15. The summed E-state index contributed by atoms with van der Waals surface area (Å²) in [6.07, 6.45) is 0.311. The molecule has 0 aromatic heterocycles. The first-order valence-corrected chi connectivity index (χ1v) is 8.40. The molecule has 0 aliphatic heterocycles. The van der Waals surface area contributed by atoms with Crippen molar-refractivity contribution < 1.29 is 19.7 Å². The average Bonchev–Trinajstić information content (AvgIpc) is 2.67. The van der Waals surface area contributed by atoms with Crippen molar-refractivity contribution in [2.75, 3.05) is 0 Å². The molecule has 26 heavy (non-hydrogen) atoms.